The number of nitrogens with zero attached hydrogens (tertiary/aromatic N) is 2. The van der Waals surface area contributed by atoms with Crippen molar-refractivity contribution in [3.63, 3.8) is 0 Å². The van der Waals surface area contributed by atoms with Gasteiger partial charge < -0.3 is 5.11 Å². The molecule has 0 saturated carbocycles. The van der Waals surface area contributed by atoms with Crippen molar-refractivity contribution in [3.05, 3.63) is 97.9 Å². The van der Waals surface area contributed by atoms with Gasteiger partial charge in [0.15, 0.2) is 0 Å². The predicted octanol–water partition coefficient (Wildman–Crippen LogP) is 1.39. The summed E-state index contributed by atoms with van der Waals surface area (Å²) in [5.41, 5.74) is 1.44. The lowest BCUT2D eigenvalue weighted by Gasteiger charge is -2.09. The van der Waals surface area contributed by atoms with Crippen LogP contribution in [-0.4, -0.2) is 26.8 Å². The number of H-pyrrole nitrogens is 1. The number of aromatic nitrogens is 2. The highest BCUT2D eigenvalue weighted by Gasteiger charge is 2.13. The Morgan fingerprint density at radius 1 is 1.14 bits per heavy atom. The quantitative estimate of drug-likeness (QED) is 0.431. The first-order chi connectivity index (χ1) is 14.0. The van der Waals surface area contributed by atoms with E-state index in [1.54, 1.807) is 42.5 Å². The molecular formula is C20H17FN4O4. The van der Waals surface area contributed by atoms with E-state index in [9.17, 15) is 23.9 Å². The van der Waals surface area contributed by atoms with Crippen molar-refractivity contribution in [1.82, 2.24) is 15.0 Å². The van der Waals surface area contributed by atoms with E-state index < -0.39 is 23.0 Å². The summed E-state index contributed by atoms with van der Waals surface area (Å²) in [6.45, 7) is 0.0459. The topological polar surface area (TPSA) is 117 Å². The molecule has 0 bridgehead atoms. The Hall–Kier alpha value is -4.01. The molecule has 0 saturated heterocycles. The minimum absolute atomic E-state index is 0.0459. The highest BCUT2D eigenvalue weighted by Crippen LogP contribution is 2.10. The fraction of sp³-hybridized carbons (Fsp3) is 0.100. The normalized spacial score (nSPS) is 10.9. The molecule has 29 heavy (non-hydrogen) atoms. The highest BCUT2D eigenvalue weighted by molar-refractivity contribution is 5.94. The molecule has 3 N–H and O–H groups in total. The number of benzene rings is 2. The van der Waals surface area contributed by atoms with Crippen LogP contribution in [0.3, 0.4) is 0 Å². The number of carbonyl (C=O) groups is 1. The number of aromatic hydroxyl groups is 1. The maximum Gasteiger partial charge on any atom is 0.331 e. The van der Waals surface area contributed by atoms with Crippen molar-refractivity contribution in [2.24, 2.45) is 5.10 Å². The van der Waals surface area contributed by atoms with Gasteiger partial charge in [-0.2, -0.15) is 5.10 Å². The summed E-state index contributed by atoms with van der Waals surface area (Å²) in [6, 6.07) is 14.0. The number of nitrogens with one attached hydrogen (secondary N) is 2. The van der Waals surface area contributed by atoms with Crippen molar-refractivity contribution in [3.8, 4) is 5.88 Å². The summed E-state index contributed by atoms with van der Waals surface area (Å²) >= 11 is 0. The number of halogens is 1. The van der Waals surface area contributed by atoms with E-state index >= 15 is 0 Å². The van der Waals surface area contributed by atoms with E-state index in [-0.39, 0.29) is 17.9 Å². The second-order valence-corrected chi connectivity index (χ2v) is 6.09. The Morgan fingerprint density at radius 3 is 2.52 bits per heavy atom. The zero-order valence-corrected chi connectivity index (χ0v) is 15.1. The summed E-state index contributed by atoms with van der Waals surface area (Å²) in [5, 5.41) is 14.0. The van der Waals surface area contributed by atoms with Gasteiger partial charge in [-0.1, -0.05) is 30.3 Å². The number of aromatic amines is 1. The van der Waals surface area contributed by atoms with E-state index in [0.29, 0.717) is 12.0 Å². The third-order valence-corrected chi connectivity index (χ3v) is 4.14. The van der Waals surface area contributed by atoms with Gasteiger partial charge in [0.1, 0.15) is 11.4 Å². The summed E-state index contributed by atoms with van der Waals surface area (Å²) < 4.78 is 13.9. The standard InChI is InChI=1S/C20H17FN4O4/c21-15-8-6-13(7-9-15)10-11-25-19(28)16(18(27)23-20(25)29)12-22-24-17(26)14-4-2-1-3-5-14/h1-9,12,28H,10-11H2,(H,24,26)(H,23,27,29). The number of rotatable bonds is 6. The molecule has 3 rings (SSSR count). The number of carbonyl (C=O) groups excluding carboxylic acids is 1. The van der Waals surface area contributed by atoms with Crippen molar-refractivity contribution in [2.75, 3.05) is 0 Å². The first kappa shape index (κ1) is 19.7. The lowest BCUT2D eigenvalue weighted by molar-refractivity contribution is 0.0955. The SMILES string of the molecule is O=C(NN=Cc1c(O)n(CCc2ccc(F)cc2)c(=O)[nH]c1=O)c1ccccc1. The molecule has 0 aliphatic heterocycles. The van der Waals surface area contributed by atoms with Crippen molar-refractivity contribution < 1.29 is 14.3 Å². The molecule has 0 unspecified atom stereocenters. The van der Waals surface area contributed by atoms with E-state index in [1.807, 2.05) is 0 Å². The molecule has 0 fully saturated rings. The van der Waals surface area contributed by atoms with E-state index in [0.717, 1.165) is 16.3 Å². The van der Waals surface area contributed by atoms with Gasteiger partial charge in [-0.3, -0.25) is 19.1 Å². The molecule has 0 aliphatic rings. The average Bonchev–Trinajstić information content (AvgIpc) is 2.72. The molecule has 1 heterocycles. The van der Waals surface area contributed by atoms with Crippen LogP contribution < -0.4 is 16.7 Å². The molecule has 1 aromatic heterocycles. The molecule has 0 aliphatic carbocycles. The van der Waals surface area contributed by atoms with Crippen molar-refractivity contribution in [2.45, 2.75) is 13.0 Å². The van der Waals surface area contributed by atoms with Gasteiger partial charge in [0.25, 0.3) is 11.5 Å². The summed E-state index contributed by atoms with van der Waals surface area (Å²) in [7, 11) is 0. The van der Waals surface area contributed by atoms with Crippen molar-refractivity contribution >= 4 is 12.1 Å². The molecule has 2 aromatic carbocycles. The fourth-order valence-electron chi connectivity index (χ4n) is 2.60. The van der Waals surface area contributed by atoms with E-state index in [2.05, 4.69) is 15.5 Å². The van der Waals surface area contributed by atoms with Crippen LogP contribution in [0.2, 0.25) is 0 Å². The van der Waals surface area contributed by atoms with Crippen LogP contribution in [0.5, 0.6) is 5.88 Å². The molecule has 148 valence electrons. The van der Waals surface area contributed by atoms with Gasteiger partial charge in [0, 0.05) is 12.1 Å². The van der Waals surface area contributed by atoms with Gasteiger partial charge in [-0.15, -0.1) is 0 Å². The Bertz CT molecular complexity index is 1150. The van der Waals surface area contributed by atoms with E-state index in [4.69, 9.17) is 0 Å². The van der Waals surface area contributed by atoms with Gasteiger partial charge in [0.05, 0.1) is 6.21 Å². The minimum Gasteiger partial charge on any atom is -0.494 e. The predicted molar refractivity (Wildman–Crippen MR) is 105 cm³/mol. The minimum atomic E-state index is -0.844. The molecule has 3 aromatic rings. The molecule has 0 radical (unpaired) electrons. The molecule has 9 heteroatoms. The van der Waals surface area contributed by atoms with Crippen LogP contribution in [0.25, 0.3) is 0 Å². The first-order valence-corrected chi connectivity index (χ1v) is 8.64. The number of amides is 1. The average molecular weight is 396 g/mol. The lowest BCUT2D eigenvalue weighted by atomic mass is 10.1. The first-order valence-electron chi connectivity index (χ1n) is 8.64. The Balaban J connectivity index is 1.77. The van der Waals surface area contributed by atoms with Gasteiger partial charge >= 0.3 is 5.69 Å². The van der Waals surface area contributed by atoms with E-state index in [1.165, 1.54) is 12.1 Å². The molecule has 0 spiro atoms. The van der Waals surface area contributed by atoms with Crippen LogP contribution in [-0.2, 0) is 13.0 Å². The molecular weight excluding hydrogens is 379 g/mol. The fourth-order valence-corrected chi connectivity index (χ4v) is 2.60. The number of hydrogen-bond donors (Lipinski definition) is 3. The number of hydrazone groups is 1. The third-order valence-electron chi connectivity index (χ3n) is 4.14. The monoisotopic (exact) mass is 396 g/mol. The lowest BCUT2D eigenvalue weighted by Crippen LogP contribution is -2.33. The Morgan fingerprint density at radius 2 is 1.83 bits per heavy atom. The maximum absolute atomic E-state index is 13.0. The smallest absolute Gasteiger partial charge is 0.331 e. The zero-order valence-electron chi connectivity index (χ0n) is 15.1. The molecule has 8 nitrogen and oxygen atoms in total. The highest BCUT2D eigenvalue weighted by atomic mass is 19.1. The van der Waals surface area contributed by atoms with Crippen LogP contribution in [0.4, 0.5) is 4.39 Å². The van der Waals surface area contributed by atoms with Crippen molar-refractivity contribution in [1.29, 1.82) is 0 Å². The second-order valence-electron chi connectivity index (χ2n) is 6.09. The second kappa shape index (κ2) is 8.79. The van der Waals surface area contributed by atoms with Crippen LogP contribution in [0, 0.1) is 5.82 Å². The zero-order chi connectivity index (χ0) is 20.8. The molecule has 1 amide bonds. The number of aryl methyl sites for hydroxylation is 1. The summed E-state index contributed by atoms with van der Waals surface area (Å²) in [6.07, 6.45) is 1.28. The van der Waals surface area contributed by atoms with Crippen LogP contribution in [0.15, 0.2) is 69.3 Å². The van der Waals surface area contributed by atoms with Gasteiger partial charge in [0.2, 0.25) is 5.88 Å². The third kappa shape index (κ3) is 4.83. The van der Waals surface area contributed by atoms with Gasteiger partial charge in [-0.25, -0.2) is 14.6 Å². The Labute approximate surface area is 164 Å². The largest absolute Gasteiger partial charge is 0.494 e. The van der Waals surface area contributed by atoms with Gasteiger partial charge in [-0.05, 0) is 36.2 Å². The maximum atomic E-state index is 13.0. The van der Waals surface area contributed by atoms with Crippen LogP contribution in [0.1, 0.15) is 21.5 Å². The number of hydrogen-bond acceptors (Lipinski definition) is 5. The Kier molecular flexibility index (Phi) is 5.98. The summed E-state index contributed by atoms with van der Waals surface area (Å²) in [4.78, 5) is 38.1. The molecule has 0 atom stereocenters. The van der Waals surface area contributed by atoms with Crippen LogP contribution >= 0.6 is 0 Å². The summed E-state index contributed by atoms with van der Waals surface area (Å²) in [5.74, 6) is -1.46.